The van der Waals surface area contributed by atoms with Gasteiger partial charge < -0.3 is 15.1 Å². The average molecular weight is 253 g/mol. The predicted molar refractivity (Wildman–Crippen MR) is 77.9 cm³/mol. The lowest BCUT2D eigenvalue weighted by Crippen LogP contribution is -2.49. The zero-order valence-electron chi connectivity index (χ0n) is 12.9. The summed E-state index contributed by atoms with van der Waals surface area (Å²) in [6.45, 7) is 7.02. The molecule has 0 radical (unpaired) electrons. The molecule has 18 heavy (non-hydrogen) atoms. The highest BCUT2D eigenvalue weighted by molar-refractivity contribution is 4.96. The highest BCUT2D eigenvalue weighted by atomic mass is 15.2. The molecule has 3 atom stereocenters. The van der Waals surface area contributed by atoms with E-state index in [0.717, 1.165) is 31.2 Å². The average Bonchev–Trinajstić information content (AvgIpc) is 2.50. The lowest BCUT2D eigenvalue weighted by molar-refractivity contribution is 0.137. The van der Waals surface area contributed by atoms with Gasteiger partial charge in [0.25, 0.3) is 0 Å². The quantitative estimate of drug-likeness (QED) is 0.806. The molecule has 106 valence electrons. The molecule has 3 heteroatoms. The number of rotatable bonds is 5. The first-order chi connectivity index (χ1) is 8.37. The van der Waals surface area contributed by atoms with Gasteiger partial charge >= 0.3 is 0 Å². The Hall–Kier alpha value is -0.120. The second kappa shape index (κ2) is 5.48. The predicted octanol–water partition coefficient (Wildman–Crippen LogP) is 1.79. The van der Waals surface area contributed by atoms with Gasteiger partial charge in [0.15, 0.2) is 0 Å². The maximum absolute atomic E-state index is 3.84. The smallest absolute Gasteiger partial charge is 0.0111 e. The van der Waals surface area contributed by atoms with E-state index in [1.165, 1.54) is 25.7 Å². The summed E-state index contributed by atoms with van der Waals surface area (Å²) in [5.41, 5.74) is 0.367. The fourth-order valence-corrected chi connectivity index (χ4v) is 3.91. The summed E-state index contributed by atoms with van der Waals surface area (Å²) in [7, 11) is 6.64. The molecule has 1 N–H and O–H groups in total. The zero-order valence-corrected chi connectivity index (χ0v) is 12.9. The molecule has 0 aromatic heterocycles. The van der Waals surface area contributed by atoms with Gasteiger partial charge in [-0.1, -0.05) is 13.8 Å². The molecule has 0 aliphatic carbocycles. The summed E-state index contributed by atoms with van der Waals surface area (Å²) in [5, 5.41) is 3.84. The Balaban J connectivity index is 1.78. The van der Waals surface area contributed by atoms with Crippen molar-refractivity contribution in [3.63, 3.8) is 0 Å². The number of nitrogens with one attached hydrogen (secondary N) is 1. The van der Waals surface area contributed by atoms with Gasteiger partial charge in [0.05, 0.1) is 0 Å². The van der Waals surface area contributed by atoms with E-state index >= 15 is 0 Å². The van der Waals surface area contributed by atoms with Crippen LogP contribution in [0, 0.1) is 5.41 Å². The fraction of sp³-hybridized carbons (Fsp3) is 1.00. The maximum atomic E-state index is 3.84. The Morgan fingerprint density at radius 2 is 1.72 bits per heavy atom. The third-order valence-electron chi connectivity index (χ3n) is 4.71. The Morgan fingerprint density at radius 1 is 1.17 bits per heavy atom. The van der Waals surface area contributed by atoms with Gasteiger partial charge in [-0.15, -0.1) is 0 Å². The number of fused-ring (bicyclic) bond motifs is 2. The molecular formula is C15H31N3. The van der Waals surface area contributed by atoms with Crippen LogP contribution in [0.25, 0.3) is 0 Å². The van der Waals surface area contributed by atoms with Crippen LogP contribution in [0.3, 0.4) is 0 Å². The second-order valence-electron chi connectivity index (χ2n) is 7.50. The van der Waals surface area contributed by atoms with Crippen LogP contribution in [-0.4, -0.2) is 62.2 Å². The highest BCUT2D eigenvalue weighted by Crippen LogP contribution is 2.34. The Bertz CT molecular complexity index is 261. The van der Waals surface area contributed by atoms with Crippen molar-refractivity contribution in [2.24, 2.45) is 5.41 Å². The van der Waals surface area contributed by atoms with E-state index in [4.69, 9.17) is 0 Å². The lowest BCUT2D eigenvalue weighted by Gasteiger charge is -2.38. The van der Waals surface area contributed by atoms with Gasteiger partial charge in [-0.3, -0.25) is 0 Å². The van der Waals surface area contributed by atoms with Crippen molar-refractivity contribution in [2.75, 3.05) is 34.2 Å². The molecule has 0 saturated carbocycles. The molecule has 0 amide bonds. The molecule has 2 fully saturated rings. The van der Waals surface area contributed by atoms with E-state index in [-0.39, 0.29) is 0 Å². The van der Waals surface area contributed by atoms with Crippen molar-refractivity contribution in [3.8, 4) is 0 Å². The SMILES string of the molecule is CN(C)CC(C)(C)CNC1C[C@H]2CC[C@@H](C1)N2C. The van der Waals surface area contributed by atoms with Gasteiger partial charge in [-0.25, -0.2) is 0 Å². The molecule has 3 nitrogen and oxygen atoms in total. The van der Waals surface area contributed by atoms with Crippen LogP contribution < -0.4 is 5.32 Å². The minimum absolute atomic E-state index is 0.367. The maximum Gasteiger partial charge on any atom is 0.0111 e. The van der Waals surface area contributed by atoms with Crippen molar-refractivity contribution in [2.45, 2.75) is 57.7 Å². The summed E-state index contributed by atoms with van der Waals surface area (Å²) in [5.74, 6) is 0. The Kier molecular flexibility index (Phi) is 4.35. The monoisotopic (exact) mass is 253 g/mol. The van der Waals surface area contributed by atoms with Crippen LogP contribution in [0.5, 0.6) is 0 Å². The molecule has 0 aromatic carbocycles. The molecule has 2 aliphatic heterocycles. The third-order valence-corrected chi connectivity index (χ3v) is 4.71. The van der Waals surface area contributed by atoms with Gasteiger partial charge in [0.2, 0.25) is 0 Å². The van der Waals surface area contributed by atoms with Crippen LogP contribution in [0.15, 0.2) is 0 Å². The third kappa shape index (κ3) is 3.46. The molecule has 2 heterocycles. The van der Waals surface area contributed by atoms with Crippen molar-refractivity contribution in [3.05, 3.63) is 0 Å². The summed E-state index contributed by atoms with van der Waals surface area (Å²) in [6, 6.07) is 2.44. The first-order valence-corrected chi connectivity index (χ1v) is 7.47. The molecular weight excluding hydrogens is 222 g/mol. The molecule has 1 unspecified atom stereocenters. The van der Waals surface area contributed by atoms with Gasteiger partial charge in [0, 0.05) is 31.2 Å². The van der Waals surface area contributed by atoms with E-state index in [1.54, 1.807) is 0 Å². The standard InChI is InChI=1S/C15H31N3/c1-15(2,11-17(3)4)10-16-12-8-13-6-7-14(9-12)18(13)5/h12-14,16H,6-11H2,1-5H3/t12?,13-,14+. The van der Waals surface area contributed by atoms with Crippen LogP contribution in [-0.2, 0) is 0 Å². The lowest BCUT2D eigenvalue weighted by atomic mass is 9.91. The fourth-order valence-electron chi connectivity index (χ4n) is 3.91. The minimum Gasteiger partial charge on any atom is -0.313 e. The van der Waals surface area contributed by atoms with Crippen LogP contribution >= 0.6 is 0 Å². The number of nitrogens with zero attached hydrogens (tertiary/aromatic N) is 2. The van der Waals surface area contributed by atoms with E-state index in [1.807, 2.05) is 0 Å². The van der Waals surface area contributed by atoms with E-state index in [2.05, 4.69) is 50.1 Å². The van der Waals surface area contributed by atoms with Crippen LogP contribution in [0.2, 0.25) is 0 Å². The molecule has 2 aliphatic rings. The van der Waals surface area contributed by atoms with Gasteiger partial charge in [0.1, 0.15) is 0 Å². The first-order valence-electron chi connectivity index (χ1n) is 7.47. The van der Waals surface area contributed by atoms with E-state index in [9.17, 15) is 0 Å². The largest absolute Gasteiger partial charge is 0.313 e. The molecule has 2 rings (SSSR count). The topological polar surface area (TPSA) is 18.5 Å². The summed E-state index contributed by atoms with van der Waals surface area (Å²) < 4.78 is 0. The van der Waals surface area contributed by atoms with Gasteiger partial charge in [-0.2, -0.15) is 0 Å². The van der Waals surface area contributed by atoms with E-state index in [0.29, 0.717) is 5.41 Å². The second-order valence-corrected chi connectivity index (χ2v) is 7.50. The van der Waals surface area contributed by atoms with Crippen molar-refractivity contribution in [1.29, 1.82) is 0 Å². The number of hydrogen-bond donors (Lipinski definition) is 1. The summed E-state index contributed by atoms with van der Waals surface area (Å²) in [6.07, 6.45) is 5.54. The molecule has 2 bridgehead atoms. The van der Waals surface area contributed by atoms with Crippen molar-refractivity contribution in [1.82, 2.24) is 15.1 Å². The van der Waals surface area contributed by atoms with Crippen LogP contribution in [0.4, 0.5) is 0 Å². The molecule has 2 saturated heterocycles. The minimum atomic E-state index is 0.367. The van der Waals surface area contributed by atoms with Gasteiger partial charge in [-0.05, 0) is 52.2 Å². The number of hydrogen-bond acceptors (Lipinski definition) is 3. The van der Waals surface area contributed by atoms with E-state index < -0.39 is 0 Å². The van der Waals surface area contributed by atoms with Crippen molar-refractivity contribution >= 4 is 0 Å². The molecule has 0 spiro atoms. The highest BCUT2D eigenvalue weighted by Gasteiger charge is 2.38. The Labute approximate surface area is 113 Å². The summed E-state index contributed by atoms with van der Waals surface area (Å²) in [4.78, 5) is 4.91. The Morgan fingerprint density at radius 3 is 2.22 bits per heavy atom. The zero-order chi connectivity index (χ0) is 13.3. The number of piperidine rings is 1. The van der Waals surface area contributed by atoms with Crippen molar-refractivity contribution < 1.29 is 0 Å². The first kappa shape index (κ1) is 14.3. The van der Waals surface area contributed by atoms with Crippen LogP contribution in [0.1, 0.15) is 39.5 Å². The molecule has 0 aromatic rings. The summed E-state index contributed by atoms with van der Waals surface area (Å²) >= 11 is 0. The normalized spacial score (nSPS) is 33.3.